The molecule has 0 aliphatic carbocycles. The average molecular weight is 263 g/mol. The molecule has 2 aromatic rings. The van der Waals surface area contributed by atoms with Crippen molar-refractivity contribution in [2.75, 3.05) is 0 Å². The Labute approximate surface area is 118 Å². The zero-order valence-corrected chi connectivity index (χ0v) is 11.0. The summed E-state index contributed by atoms with van der Waals surface area (Å²) in [5.41, 5.74) is 3.81. The Balaban J connectivity index is 1.71. The van der Waals surface area contributed by atoms with Crippen molar-refractivity contribution in [3.8, 4) is 5.75 Å². The molecule has 1 N–H and O–H groups in total. The van der Waals surface area contributed by atoms with Gasteiger partial charge in [0.15, 0.2) is 5.69 Å². The van der Waals surface area contributed by atoms with Crippen molar-refractivity contribution in [2.45, 2.75) is 19.3 Å². The van der Waals surface area contributed by atoms with Crippen LogP contribution in [0.2, 0.25) is 6.32 Å². The fourth-order valence-electron chi connectivity index (χ4n) is 2.54. The smallest absolute Gasteiger partial charge is 0.324 e. The van der Waals surface area contributed by atoms with Gasteiger partial charge in [0.2, 0.25) is 0 Å². The number of nitrogens with zero attached hydrogens (tertiary/aromatic N) is 1. The zero-order chi connectivity index (χ0) is 13.9. The second-order valence-corrected chi connectivity index (χ2v) is 4.99. The summed E-state index contributed by atoms with van der Waals surface area (Å²) >= 11 is 0. The van der Waals surface area contributed by atoms with Crippen LogP contribution in [-0.4, -0.2) is 11.9 Å². The molecule has 0 saturated carbocycles. The number of hydrogen-bond donors (Lipinski definition) is 1. The van der Waals surface area contributed by atoms with E-state index in [9.17, 15) is 5.02 Å². The lowest BCUT2D eigenvalue weighted by Crippen LogP contribution is -2.25. The fourth-order valence-corrected chi connectivity index (χ4v) is 2.54. The van der Waals surface area contributed by atoms with E-state index in [-0.39, 0.29) is 6.92 Å². The van der Waals surface area contributed by atoms with Crippen molar-refractivity contribution >= 4 is 18.1 Å². The molecule has 1 aliphatic rings. The van der Waals surface area contributed by atoms with E-state index in [1.165, 1.54) is 5.56 Å². The number of aryl methyl sites for hydroxylation is 1. The summed E-state index contributed by atoms with van der Waals surface area (Å²) in [6.07, 6.45) is 1.70. The van der Waals surface area contributed by atoms with Gasteiger partial charge in [-0.25, -0.2) is 4.85 Å². The molecule has 0 unspecified atom stereocenters. The molecular weight excluding hydrogens is 249 g/mol. The summed E-state index contributed by atoms with van der Waals surface area (Å²) in [4.78, 5) is 3.41. The van der Waals surface area contributed by atoms with Crippen molar-refractivity contribution in [1.82, 2.24) is 0 Å². The van der Waals surface area contributed by atoms with Crippen LogP contribution in [0.5, 0.6) is 5.75 Å². The maximum Gasteiger partial charge on any atom is 0.324 e. The Morgan fingerprint density at radius 2 is 2.15 bits per heavy atom. The van der Waals surface area contributed by atoms with Crippen LogP contribution < -0.4 is 10.2 Å². The summed E-state index contributed by atoms with van der Waals surface area (Å²) in [6, 6.07) is 13.3. The number of hydrogen-bond acceptors (Lipinski definition) is 2. The summed E-state index contributed by atoms with van der Waals surface area (Å²) in [7, 11) is 0. The first kappa shape index (κ1) is 12.8. The SMILES string of the molecule is [C-]#[N+]c1cccc(COc2ccc3c(c2)CCB3O)c1. The molecule has 1 heterocycles. The van der Waals surface area contributed by atoms with Crippen molar-refractivity contribution in [1.29, 1.82) is 0 Å². The molecule has 3 rings (SSSR count). The lowest BCUT2D eigenvalue weighted by molar-refractivity contribution is 0.306. The highest BCUT2D eigenvalue weighted by molar-refractivity contribution is 6.68. The Morgan fingerprint density at radius 1 is 1.25 bits per heavy atom. The minimum atomic E-state index is -0.325. The van der Waals surface area contributed by atoms with E-state index < -0.39 is 0 Å². The van der Waals surface area contributed by atoms with E-state index in [1.54, 1.807) is 6.07 Å². The predicted octanol–water partition coefficient (Wildman–Crippen LogP) is 2.56. The number of ether oxygens (including phenoxy) is 1. The zero-order valence-electron chi connectivity index (χ0n) is 11.0. The number of rotatable bonds is 3. The molecule has 3 nitrogen and oxygen atoms in total. The first-order valence-corrected chi connectivity index (χ1v) is 6.66. The van der Waals surface area contributed by atoms with Crippen LogP contribution in [-0.2, 0) is 13.0 Å². The van der Waals surface area contributed by atoms with Gasteiger partial charge in [-0.3, -0.25) is 0 Å². The molecule has 0 saturated heterocycles. The summed E-state index contributed by atoms with van der Waals surface area (Å²) in [6.45, 7) is 7.12. The van der Waals surface area contributed by atoms with Gasteiger partial charge in [-0.05, 0) is 47.5 Å². The Morgan fingerprint density at radius 3 is 3.00 bits per heavy atom. The molecule has 0 radical (unpaired) electrons. The second-order valence-electron chi connectivity index (χ2n) is 4.99. The van der Waals surface area contributed by atoms with E-state index in [2.05, 4.69) is 4.85 Å². The maximum atomic E-state index is 9.77. The van der Waals surface area contributed by atoms with Crippen molar-refractivity contribution < 1.29 is 9.76 Å². The van der Waals surface area contributed by atoms with Crippen LogP contribution in [0.1, 0.15) is 11.1 Å². The lowest BCUT2D eigenvalue weighted by Gasteiger charge is -2.09. The van der Waals surface area contributed by atoms with E-state index in [0.29, 0.717) is 12.3 Å². The second kappa shape index (κ2) is 5.40. The van der Waals surface area contributed by atoms with Gasteiger partial charge in [-0.15, -0.1) is 0 Å². The molecule has 2 aromatic carbocycles. The summed E-state index contributed by atoms with van der Waals surface area (Å²) in [5.74, 6) is 0.811. The van der Waals surface area contributed by atoms with Gasteiger partial charge >= 0.3 is 6.92 Å². The molecule has 0 aromatic heterocycles. The number of benzene rings is 2. The predicted molar refractivity (Wildman–Crippen MR) is 79.6 cm³/mol. The fraction of sp³-hybridized carbons (Fsp3) is 0.188. The molecule has 98 valence electrons. The first-order valence-electron chi connectivity index (χ1n) is 6.66. The van der Waals surface area contributed by atoms with Gasteiger partial charge in [0.25, 0.3) is 0 Å². The van der Waals surface area contributed by atoms with Gasteiger partial charge < -0.3 is 9.76 Å². The van der Waals surface area contributed by atoms with Gasteiger partial charge in [0.05, 0.1) is 6.57 Å². The topological polar surface area (TPSA) is 33.8 Å². The Bertz CT molecular complexity index is 678. The molecular formula is C16H14BNO2. The van der Waals surface area contributed by atoms with E-state index in [4.69, 9.17) is 11.3 Å². The van der Waals surface area contributed by atoms with Gasteiger partial charge in [-0.1, -0.05) is 24.3 Å². The highest BCUT2D eigenvalue weighted by Gasteiger charge is 2.24. The molecule has 4 heteroatoms. The molecule has 0 fully saturated rings. The normalized spacial score (nSPS) is 12.9. The summed E-state index contributed by atoms with van der Waals surface area (Å²) in [5, 5.41) is 9.77. The van der Waals surface area contributed by atoms with Crippen molar-refractivity contribution in [3.63, 3.8) is 0 Å². The largest absolute Gasteiger partial charge is 0.489 e. The molecule has 0 spiro atoms. The van der Waals surface area contributed by atoms with Crippen LogP contribution in [0.3, 0.4) is 0 Å². The van der Waals surface area contributed by atoms with Crippen LogP contribution in [0.4, 0.5) is 5.69 Å². The van der Waals surface area contributed by atoms with Crippen LogP contribution in [0.25, 0.3) is 4.85 Å². The van der Waals surface area contributed by atoms with Gasteiger partial charge in [0.1, 0.15) is 12.4 Å². The molecule has 0 bridgehead atoms. The summed E-state index contributed by atoms with van der Waals surface area (Å²) < 4.78 is 5.77. The third-order valence-corrected chi connectivity index (χ3v) is 3.61. The molecule has 0 atom stereocenters. The van der Waals surface area contributed by atoms with E-state index in [1.807, 2.05) is 36.4 Å². The van der Waals surface area contributed by atoms with Gasteiger partial charge in [-0.2, -0.15) is 0 Å². The van der Waals surface area contributed by atoms with Gasteiger partial charge in [0, 0.05) is 0 Å². The van der Waals surface area contributed by atoms with E-state index >= 15 is 0 Å². The highest BCUT2D eigenvalue weighted by Crippen LogP contribution is 2.21. The Hall–Kier alpha value is -2.25. The van der Waals surface area contributed by atoms with Crippen molar-refractivity contribution in [3.05, 3.63) is 65.0 Å². The minimum absolute atomic E-state index is 0.325. The average Bonchev–Trinajstić information content (AvgIpc) is 2.86. The van der Waals surface area contributed by atoms with Crippen LogP contribution in [0, 0.1) is 6.57 Å². The standard InChI is InChI=1S/C16H14BNO2/c1-18-14-4-2-3-12(9-14)11-20-15-5-6-16-13(10-15)7-8-17(16)19/h2-6,9-10,19H,7-8,11H2. The highest BCUT2D eigenvalue weighted by atomic mass is 16.5. The third kappa shape index (κ3) is 2.54. The maximum absolute atomic E-state index is 9.77. The number of fused-ring (bicyclic) bond motifs is 1. The monoisotopic (exact) mass is 263 g/mol. The van der Waals surface area contributed by atoms with Crippen LogP contribution in [0.15, 0.2) is 42.5 Å². The third-order valence-electron chi connectivity index (χ3n) is 3.61. The van der Waals surface area contributed by atoms with E-state index in [0.717, 1.165) is 29.5 Å². The molecule has 0 amide bonds. The molecule has 1 aliphatic heterocycles. The van der Waals surface area contributed by atoms with Crippen LogP contribution >= 0.6 is 0 Å². The lowest BCUT2D eigenvalue weighted by atomic mass is 9.63. The Kier molecular flexibility index (Phi) is 3.45. The first-order chi connectivity index (χ1) is 9.76. The van der Waals surface area contributed by atoms with Crippen molar-refractivity contribution in [2.24, 2.45) is 0 Å². The molecule has 20 heavy (non-hydrogen) atoms. The minimum Gasteiger partial charge on any atom is -0.489 e. The quantitative estimate of drug-likeness (QED) is 0.682.